The first kappa shape index (κ1) is 18.3. The maximum Gasteiger partial charge on any atom is 0.213 e. The van der Waals surface area contributed by atoms with E-state index in [2.05, 4.69) is 41.1 Å². The van der Waals surface area contributed by atoms with Crippen molar-refractivity contribution >= 4 is 5.96 Å². The average molecular weight is 306 g/mol. The van der Waals surface area contributed by atoms with Crippen molar-refractivity contribution in [1.82, 2.24) is 15.2 Å². The summed E-state index contributed by atoms with van der Waals surface area (Å²) in [5.41, 5.74) is 1.08. The molecule has 1 aromatic rings. The first-order valence-corrected chi connectivity index (χ1v) is 8.17. The molecule has 0 bridgehead atoms. The van der Waals surface area contributed by atoms with Gasteiger partial charge in [-0.2, -0.15) is 0 Å². The summed E-state index contributed by atoms with van der Waals surface area (Å²) in [5.74, 6) is 1.60. The Balaban J connectivity index is 2.64. The number of rotatable bonds is 8. The molecule has 1 heterocycles. The Morgan fingerprint density at radius 2 is 2.14 bits per heavy atom. The lowest BCUT2D eigenvalue weighted by atomic mass is 10.3. The normalized spacial score (nSPS) is 11.6. The topological polar surface area (TPSA) is 49.8 Å². The zero-order valence-corrected chi connectivity index (χ0v) is 14.6. The lowest BCUT2D eigenvalue weighted by molar-refractivity contribution is 0.232. The van der Waals surface area contributed by atoms with Crippen LogP contribution in [0.4, 0.5) is 0 Å². The van der Waals surface area contributed by atoms with Crippen LogP contribution in [-0.2, 0) is 6.54 Å². The van der Waals surface area contributed by atoms with Crippen LogP contribution in [0.5, 0.6) is 5.88 Å². The van der Waals surface area contributed by atoms with E-state index in [1.165, 1.54) is 12.8 Å². The number of aromatic nitrogens is 1. The molecule has 22 heavy (non-hydrogen) atoms. The van der Waals surface area contributed by atoms with Gasteiger partial charge >= 0.3 is 0 Å². The summed E-state index contributed by atoms with van der Waals surface area (Å²) in [6.07, 6.45) is 4.33. The van der Waals surface area contributed by atoms with Crippen molar-refractivity contribution in [2.75, 3.05) is 20.1 Å². The summed E-state index contributed by atoms with van der Waals surface area (Å²) >= 11 is 0. The predicted molar refractivity (Wildman–Crippen MR) is 92.4 cm³/mol. The van der Waals surface area contributed by atoms with E-state index < -0.39 is 0 Å². The van der Waals surface area contributed by atoms with Crippen molar-refractivity contribution in [2.24, 2.45) is 4.99 Å². The molecular formula is C17H30N4O. The van der Waals surface area contributed by atoms with Crippen molar-refractivity contribution < 1.29 is 4.74 Å². The van der Waals surface area contributed by atoms with Crippen LogP contribution >= 0.6 is 0 Å². The van der Waals surface area contributed by atoms with Gasteiger partial charge in [0.1, 0.15) is 0 Å². The van der Waals surface area contributed by atoms with Crippen molar-refractivity contribution in [3.63, 3.8) is 0 Å². The van der Waals surface area contributed by atoms with E-state index in [9.17, 15) is 0 Å². The van der Waals surface area contributed by atoms with Gasteiger partial charge in [-0.25, -0.2) is 9.98 Å². The second-order valence-corrected chi connectivity index (χ2v) is 5.62. The van der Waals surface area contributed by atoms with E-state index in [-0.39, 0.29) is 6.10 Å². The van der Waals surface area contributed by atoms with Crippen LogP contribution < -0.4 is 10.1 Å². The summed E-state index contributed by atoms with van der Waals surface area (Å²) < 4.78 is 5.55. The molecule has 0 spiro atoms. The smallest absolute Gasteiger partial charge is 0.213 e. The highest BCUT2D eigenvalue weighted by Crippen LogP contribution is 2.10. The number of guanidine groups is 1. The van der Waals surface area contributed by atoms with Crippen LogP contribution in [0.3, 0.4) is 0 Å². The maximum absolute atomic E-state index is 5.55. The maximum atomic E-state index is 5.55. The standard InChI is InChI=1S/C17H30N4O/c1-6-8-11-21(5)17(18-7-2)20-13-15-9-10-16(19-12-15)22-14(3)4/h9-10,12,14H,6-8,11,13H2,1-5H3,(H,18,20). The van der Waals surface area contributed by atoms with Crippen LogP contribution in [-0.4, -0.2) is 42.1 Å². The molecule has 0 saturated heterocycles. The second-order valence-electron chi connectivity index (χ2n) is 5.62. The zero-order chi connectivity index (χ0) is 16.4. The minimum atomic E-state index is 0.143. The van der Waals surface area contributed by atoms with Gasteiger partial charge in [0.2, 0.25) is 5.88 Å². The van der Waals surface area contributed by atoms with Crippen LogP contribution in [0.15, 0.2) is 23.3 Å². The molecule has 1 aromatic heterocycles. The minimum Gasteiger partial charge on any atom is -0.475 e. The number of nitrogens with one attached hydrogen (secondary N) is 1. The summed E-state index contributed by atoms with van der Waals surface area (Å²) in [6, 6.07) is 3.92. The predicted octanol–water partition coefficient (Wildman–Crippen LogP) is 3.07. The third-order valence-corrected chi connectivity index (χ3v) is 3.11. The molecule has 5 nitrogen and oxygen atoms in total. The number of aliphatic imine (C=N–C) groups is 1. The van der Waals surface area contributed by atoms with Crippen LogP contribution in [0.1, 0.15) is 46.1 Å². The summed E-state index contributed by atoms with van der Waals surface area (Å²) in [5, 5.41) is 3.33. The van der Waals surface area contributed by atoms with Gasteiger partial charge in [0.15, 0.2) is 5.96 Å². The molecule has 0 fully saturated rings. The fourth-order valence-electron chi connectivity index (χ4n) is 1.95. The van der Waals surface area contributed by atoms with Gasteiger partial charge < -0.3 is 15.0 Å². The Bertz CT molecular complexity index is 442. The molecular weight excluding hydrogens is 276 g/mol. The van der Waals surface area contributed by atoms with Gasteiger partial charge in [0, 0.05) is 32.4 Å². The number of unbranched alkanes of at least 4 members (excludes halogenated alkanes) is 1. The highest BCUT2D eigenvalue weighted by Gasteiger charge is 2.05. The second kappa shape index (κ2) is 10.0. The summed E-state index contributed by atoms with van der Waals surface area (Å²) in [6.45, 7) is 10.8. The Hall–Kier alpha value is -1.78. The first-order chi connectivity index (χ1) is 10.6. The molecule has 0 saturated carbocycles. The molecule has 1 rings (SSSR count). The molecule has 0 radical (unpaired) electrons. The van der Waals surface area contributed by atoms with E-state index in [1.807, 2.05) is 32.2 Å². The molecule has 0 unspecified atom stereocenters. The highest BCUT2D eigenvalue weighted by molar-refractivity contribution is 5.79. The number of hydrogen-bond donors (Lipinski definition) is 1. The number of pyridine rings is 1. The lowest BCUT2D eigenvalue weighted by Crippen LogP contribution is -2.39. The van der Waals surface area contributed by atoms with E-state index in [4.69, 9.17) is 4.74 Å². The molecule has 1 N–H and O–H groups in total. The fourth-order valence-corrected chi connectivity index (χ4v) is 1.95. The summed E-state index contributed by atoms with van der Waals surface area (Å²) in [4.78, 5) is 11.2. The first-order valence-electron chi connectivity index (χ1n) is 8.17. The summed E-state index contributed by atoms with van der Waals surface area (Å²) in [7, 11) is 2.08. The number of ether oxygens (including phenoxy) is 1. The van der Waals surface area contributed by atoms with Gasteiger partial charge in [-0.15, -0.1) is 0 Å². The SMILES string of the molecule is CCCCN(C)C(=NCc1ccc(OC(C)C)nc1)NCC. The zero-order valence-electron chi connectivity index (χ0n) is 14.6. The largest absolute Gasteiger partial charge is 0.475 e. The van der Waals surface area contributed by atoms with Crippen molar-refractivity contribution in [2.45, 2.75) is 53.2 Å². The van der Waals surface area contributed by atoms with Crippen molar-refractivity contribution in [1.29, 1.82) is 0 Å². The molecule has 0 aliphatic rings. The molecule has 0 amide bonds. The average Bonchev–Trinajstić information content (AvgIpc) is 2.50. The van der Waals surface area contributed by atoms with Crippen molar-refractivity contribution in [3.8, 4) is 5.88 Å². The van der Waals surface area contributed by atoms with Crippen LogP contribution in [0.25, 0.3) is 0 Å². The molecule has 0 aliphatic heterocycles. The third-order valence-electron chi connectivity index (χ3n) is 3.11. The van der Waals surface area contributed by atoms with E-state index in [0.717, 1.165) is 24.6 Å². The van der Waals surface area contributed by atoms with Gasteiger partial charge in [0.05, 0.1) is 12.6 Å². The monoisotopic (exact) mass is 306 g/mol. The van der Waals surface area contributed by atoms with Gasteiger partial charge in [0.25, 0.3) is 0 Å². The molecule has 0 atom stereocenters. The van der Waals surface area contributed by atoms with Crippen LogP contribution in [0, 0.1) is 0 Å². The van der Waals surface area contributed by atoms with Crippen molar-refractivity contribution in [3.05, 3.63) is 23.9 Å². The Kier molecular flexibility index (Phi) is 8.33. The van der Waals surface area contributed by atoms with Gasteiger partial charge in [-0.3, -0.25) is 0 Å². The van der Waals surface area contributed by atoms with Crippen LogP contribution in [0.2, 0.25) is 0 Å². The Morgan fingerprint density at radius 1 is 1.36 bits per heavy atom. The minimum absolute atomic E-state index is 0.143. The van der Waals surface area contributed by atoms with Gasteiger partial charge in [-0.05, 0) is 32.8 Å². The lowest BCUT2D eigenvalue weighted by Gasteiger charge is -2.21. The highest BCUT2D eigenvalue weighted by atomic mass is 16.5. The Labute approximate surface area is 134 Å². The molecule has 5 heteroatoms. The number of hydrogen-bond acceptors (Lipinski definition) is 3. The van der Waals surface area contributed by atoms with Gasteiger partial charge in [-0.1, -0.05) is 19.4 Å². The third kappa shape index (κ3) is 6.78. The fraction of sp³-hybridized carbons (Fsp3) is 0.647. The van der Waals surface area contributed by atoms with E-state index >= 15 is 0 Å². The Morgan fingerprint density at radius 3 is 2.68 bits per heavy atom. The quantitative estimate of drug-likeness (QED) is 0.592. The molecule has 124 valence electrons. The number of nitrogens with zero attached hydrogens (tertiary/aromatic N) is 3. The molecule has 0 aliphatic carbocycles. The van der Waals surface area contributed by atoms with E-state index in [0.29, 0.717) is 12.4 Å². The van der Waals surface area contributed by atoms with E-state index in [1.54, 1.807) is 0 Å². The molecule has 0 aromatic carbocycles.